The molecular formula is C31H48N2O2. The summed E-state index contributed by atoms with van der Waals surface area (Å²) in [6, 6.07) is 0.398. The van der Waals surface area contributed by atoms with Gasteiger partial charge in [-0.3, -0.25) is 9.59 Å². The fourth-order valence-corrected chi connectivity index (χ4v) is 11.8. The molecule has 8 fully saturated rings. The highest BCUT2D eigenvalue weighted by Crippen LogP contribution is 2.63. The van der Waals surface area contributed by atoms with Gasteiger partial charge in [-0.15, -0.1) is 0 Å². The second kappa shape index (κ2) is 8.48. The van der Waals surface area contributed by atoms with Gasteiger partial charge in [0, 0.05) is 12.1 Å². The lowest BCUT2D eigenvalue weighted by Crippen LogP contribution is -2.59. The Kier molecular flexibility index (Phi) is 5.60. The van der Waals surface area contributed by atoms with Crippen molar-refractivity contribution in [2.45, 2.75) is 116 Å². The zero-order valence-electron chi connectivity index (χ0n) is 22.1. The third-order valence-corrected chi connectivity index (χ3v) is 12.8. The third kappa shape index (κ3) is 3.90. The van der Waals surface area contributed by atoms with Crippen LogP contribution in [-0.4, -0.2) is 23.9 Å². The molecule has 194 valence electrons. The zero-order valence-corrected chi connectivity index (χ0v) is 22.1. The predicted molar refractivity (Wildman–Crippen MR) is 137 cm³/mol. The molecule has 8 rings (SSSR count). The molecular weight excluding hydrogens is 432 g/mol. The Morgan fingerprint density at radius 2 is 1.03 bits per heavy atom. The third-order valence-electron chi connectivity index (χ3n) is 12.8. The monoisotopic (exact) mass is 480 g/mol. The maximum atomic E-state index is 14.1. The van der Waals surface area contributed by atoms with Crippen LogP contribution in [0, 0.1) is 64.6 Å². The van der Waals surface area contributed by atoms with E-state index < -0.39 is 5.92 Å². The molecule has 0 aliphatic heterocycles. The summed E-state index contributed by atoms with van der Waals surface area (Å²) >= 11 is 0. The fourth-order valence-electron chi connectivity index (χ4n) is 11.8. The summed E-state index contributed by atoms with van der Waals surface area (Å²) in [4.78, 5) is 28.3. The summed E-state index contributed by atoms with van der Waals surface area (Å²) in [6.07, 6.45) is 18.1. The maximum Gasteiger partial charge on any atom is 0.233 e. The molecule has 2 N–H and O–H groups in total. The highest BCUT2D eigenvalue weighted by molar-refractivity contribution is 6.01. The van der Waals surface area contributed by atoms with E-state index in [1.54, 1.807) is 0 Å². The summed E-state index contributed by atoms with van der Waals surface area (Å²) in [7, 11) is 0. The molecule has 4 heteroatoms. The summed E-state index contributed by atoms with van der Waals surface area (Å²) < 4.78 is 0. The van der Waals surface area contributed by atoms with Crippen molar-refractivity contribution in [2.75, 3.05) is 0 Å². The highest BCUT2D eigenvalue weighted by Gasteiger charge is 2.58. The summed E-state index contributed by atoms with van der Waals surface area (Å²) in [6.45, 7) is 4.46. The van der Waals surface area contributed by atoms with Crippen LogP contribution in [0.4, 0.5) is 0 Å². The number of carbonyl (C=O) groups excluding carboxylic acids is 2. The van der Waals surface area contributed by atoms with E-state index in [-0.39, 0.29) is 29.3 Å². The molecule has 9 atom stereocenters. The van der Waals surface area contributed by atoms with E-state index in [2.05, 4.69) is 24.5 Å². The van der Waals surface area contributed by atoms with Crippen LogP contribution in [0.3, 0.4) is 0 Å². The molecule has 8 aliphatic rings. The molecule has 0 aromatic rings. The smallest absolute Gasteiger partial charge is 0.233 e. The number of hydrogen-bond acceptors (Lipinski definition) is 2. The van der Waals surface area contributed by atoms with Gasteiger partial charge in [0.1, 0.15) is 5.92 Å². The molecule has 0 spiro atoms. The van der Waals surface area contributed by atoms with Crippen molar-refractivity contribution in [3.63, 3.8) is 0 Å². The number of fused-ring (bicyclic) bond motifs is 4. The van der Waals surface area contributed by atoms with E-state index in [9.17, 15) is 9.59 Å². The van der Waals surface area contributed by atoms with Gasteiger partial charge in [0.2, 0.25) is 11.8 Å². The number of nitrogens with one attached hydrogen (secondary N) is 2. The molecule has 8 saturated carbocycles. The van der Waals surface area contributed by atoms with Gasteiger partial charge in [-0.05, 0) is 150 Å². The van der Waals surface area contributed by atoms with Gasteiger partial charge in [0.05, 0.1) is 0 Å². The topological polar surface area (TPSA) is 58.2 Å². The van der Waals surface area contributed by atoms with Gasteiger partial charge in [0.25, 0.3) is 0 Å². The largest absolute Gasteiger partial charge is 0.353 e. The zero-order chi connectivity index (χ0) is 23.9. The average molecular weight is 481 g/mol. The lowest BCUT2D eigenvalue weighted by atomic mass is 9.46. The quantitative estimate of drug-likeness (QED) is 0.459. The molecule has 0 heterocycles. The molecule has 2 amide bonds. The average Bonchev–Trinajstić information content (AvgIpc) is 3.59. The van der Waals surface area contributed by atoms with Crippen molar-refractivity contribution in [3.05, 3.63) is 0 Å². The van der Waals surface area contributed by atoms with Gasteiger partial charge < -0.3 is 10.6 Å². The van der Waals surface area contributed by atoms with Gasteiger partial charge in [-0.25, -0.2) is 0 Å². The van der Waals surface area contributed by atoms with Crippen molar-refractivity contribution in [1.82, 2.24) is 10.6 Å². The SMILES string of the molecule is C[C@H](NC(=O)C(C(=O)N[C@H](C)[C@@H]1C[C@@H]2CC[C@@H]1C2)C12CC3CC(CC(C3)C1)C2)[C@@H]1C[C@@H]2CC[C@@H]1C2. The van der Waals surface area contributed by atoms with E-state index >= 15 is 0 Å². The van der Waals surface area contributed by atoms with Gasteiger partial charge >= 0.3 is 0 Å². The Morgan fingerprint density at radius 3 is 1.37 bits per heavy atom. The number of carbonyl (C=O) groups is 2. The van der Waals surface area contributed by atoms with Crippen LogP contribution in [-0.2, 0) is 9.59 Å². The van der Waals surface area contributed by atoms with Crippen molar-refractivity contribution in [2.24, 2.45) is 64.6 Å². The van der Waals surface area contributed by atoms with Crippen LogP contribution in [0.15, 0.2) is 0 Å². The van der Waals surface area contributed by atoms with Crippen LogP contribution in [0.1, 0.15) is 104 Å². The highest BCUT2D eigenvalue weighted by atomic mass is 16.2. The summed E-state index contributed by atoms with van der Waals surface area (Å²) in [5.74, 6) is 6.47. The molecule has 0 aromatic carbocycles. The Morgan fingerprint density at radius 1 is 0.600 bits per heavy atom. The predicted octanol–water partition coefficient (Wildman–Crippen LogP) is 5.70. The summed E-state index contributed by atoms with van der Waals surface area (Å²) in [5, 5.41) is 6.97. The molecule has 8 bridgehead atoms. The number of hydrogen-bond donors (Lipinski definition) is 2. The Bertz CT molecular complexity index is 785. The number of rotatable bonds is 7. The van der Waals surface area contributed by atoms with Gasteiger partial charge in [0.15, 0.2) is 0 Å². The molecule has 4 nitrogen and oxygen atoms in total. The Labute approximate surface area is 212 Å². The van der Waals surface area contributed by atoms with E-state index in [4.69, 9.17) is 0 Å². The minimum absolute atomic E-state index is 0.0693. The van der Waals surface area contributed by atoms with E-state index in [0.29, 0.717) is 11.8 Å². The van der Waals surface area contributed by atoms with Crippen molar-refractivity contribution in [3.8, 4) is 0 Å². The first-order valence-corrected chi connectivity index (χ1v) is 15.5. The molecule has 1 unspecified atom stereocenters. The first-order chi connectivity index (χ1) is 16.9. The molecule has 8 aliphatic carbocycles. The first-order valence-electron chi connectivity index (χ1n) is 15.5. The molecule has 0 aromatic heterocycles. The minimum atomic E-state index is -0.488. The maximum absolute atomic E-state index is 14.1. The van der Waals surface area contributed by atoms with Crippen molar-refractivity contribution in [1.29, 1.82) is 0 Å². The number of amides is 2. The lowest BCUT2D eigenvalue weighted by molar-refractivity contribution is -0.154. The lowest BCUT2D eigenvalue weighted by Gasteiger charge is -2.58. The second-order valence-corrected chi connectivity index (χ2v) is 15.0. The Hall–Kier alpha value is -1.06. The molecule has 0 radical (unpaired) electrons. The van der Waals surface area contributed by atoms with E-state index in [0.717, 1.165) is 60.7 Å². The van der Waals surface area contributed by atoms with E-state index in [1.807, 2.05) is 0 Å². The van der Waals surface area contributed by atoms with Crippen LogP contribution in [0.2, 0.25) is 0 Å². The first kappa shape index (κ1) is 23.1. The Balaban J connectivity index is 1.11. The van der Waals surface area contributed by atoms with Crippen molar-refractivity contribution >= 4 is 11.8 Å². The van der Waals surface area contributed by atoms with E-state index in [1.165, 1.54) is 70.6 Å². The normalized spacial score (nSPS) is 49.3. The fraction of sp³-hybridized carbons (Fsp3) is 0.935. The van der Waals surface area contributed by atoms with Crippen LogP contribution in [0.5, 0.6) is 0 Å². The minimum Gasteiger partial charge on any atom is -0.353 e. The van der Waals surface area contributed by atoms with Crippen LogP contribution >= 0.6 is 0 Å². The molecule has 0 saturated heterocycles. The van der Waals surface area contributed by atoms with Gasteiger partial charge in [-0.1, -0.05) is 12.8 Å². The summed E-state index contributed by atoms with van der Waals surface area (Å²) in [5.41, 5.74) is -0.0915. The van der Waals surface area contributed by atoms with Gasteiger partial charge in [-0.2, -0.15) is 0 Å². The van der Waals surface area contributed by atoms with Crippen LogP contribution in [0.25, 0.3) is 0 Å². The standard InChI is InChI=1S/C31H48N2O2/c1-17(26-12-19-3-5-24(26)10-19)32-29(34)28(31-14-21-7-22(15-31)9-23(8-21)16-31)30(35)33-18(2)27-13-20-4-6-25(27)11-20/h17-28H,3-16H2,1-2H3,(H,32,34)(H,33,35)/t17-,18+,19-,20-,21?,22?,23?,24-,25-,26+,27+,28?,31?/m1/s1. The van der Waals surface area contributed by atoms with Crippen LogP contribution < -0.4 is 10.6 Å². The molecule has 35 heavy (non-hydrogen) atoms. The van der Waals surface area contributed by atoms with Crippen molar-refractivity contribution < 1.29 is 9.59 Å². The second-order valence-electron chi connectivity index (χ2n) is 15.0.